The van der Waals surface area contributed by atoms with Crippen molar-refractivity contribution in [2.24, 2.45) is 0 Å². The molecular weight excluding hydrogens is 318 g/mol. The fourth-order valence-corrected chi connectivity index (χ4v) is 1.64. The lowest BCUT2D eigenvalue weighted by Gasteiger charge is -2.14. The number of rotatable bonds is 4. The third-order valence-corrected chi connectivity index (χ3v) is 2.59. The Morgan fingerprint density at radius 3 is 2.65 bits per heavy atom. The number of ether oxygens (including phenoxy) is 1. The van der Waals surface area contributed by atoms with Crippen LogP contribution < -0.4 is 15.8 Å². The van der Waals surface area contributed by atoms with Crippen LogP contribution in [0, 0.1) is 5.82 Å². The second-order valence-electron chi connectivity index (χ2n) is 4.45. The average molecular weight is 329 g/mol. The Kier molecular flexibility index (Phi) is 4.68. The smallest absolute Gasteiger partial charge is 0.422 e. The van der Waals surface area contributed by atoms with Gasteiger partial charge in [-0.2, -0.15) is 13.2 Å². The van der Waals surface area contributed by atoms with Crippen molar-refractivity contribution in [3.63, 3.8) is 0 Å². The van der Waals surface area contributed by atoms with Gasteiger partial charge in [0.2, 0.25) is 0 Å². The summed E-state index contributed by atoms with van der Waals surface area (Å²) >= 11 is 0. The Bertz CT molecular complexity index is 719. The largest absolute Gasteiger partial charge is 0.482 e. The van der Waals surface area contributed by atoms with E-state index in [0.717, 1.165) is 18.2 Å². The molecule has 1 aromatic heterocycles. The molecule has 0 bridgehead atoms. The van der Waals surface area contributed by atoms with Gasteiger partial charge in [-0.1, -0.05) is 6.07 Å². The number of nitrogens with one attached hydrogen (secondary N) is 1. The Morgan fingerprint density at radius 1 is 1.26 bits per heavy atom. The molecule has 0 saturated heterocycles. The maximum Gasteiger partial charge on any atom is 0.422 e. The monoisotopic (exact) mass is 329 g/mol. The average Bonchev–Trinajstić information content (AvgIpc) is 2.46. The van der Waals surface area contributed by atoms with Crippen LogP contribution in [0.15, 0.2) is 36.4 Å². The topological polar surface area (TPSA) is 77.2 Å². The molecule has 5 nitrogen and oxygen atoms in total. The fourth-order valence-electron chi connectivity index (χ4n) is 1.64. The van der Waals surface area contributed by atoms with Crippen LogP contribution in [-0.4, -0.2) is 23.7 Å². The number of carbonyl (C=O) groups excluding carboxylic acids is 1. The second kappa shape index (κ2) is 6.51. The number of benzene rings is 1. The van der Waals surface area contributed by atoms with Crippen molar-refractivity contribution >= 4 is 17.4 Å². The van der Waals surface area contributed by atoms with Crippen molar-refractivity contribution in [2.45, 2.75) is 6.18 Å². The van der Waals surface area contributed by atoms with Gasteiger partial charge in [0.25, 0.3) is 5.91 Å². The normalized spacial score (nSPS) is 11.1. The molecule has 23 heavy (non-hydrogen) atoms. The summed E-state index contributed by atoms with van der Waals surface area (Å²) in [5.74, 6) is -1.87. The number of hydrogen-bond acceptors (Lipinski definition) is 4. The number of halogens is 4. The number of nitrogen functional groups attached to an aromatic ring is 1. The molecule has 0 unspecified atom stereocenters. The molecule has 1 amide bonds. The Hall–Kier alpha value is -2.84. The van der Waals surface area contributed by atoms with E-state index in [9.17, 15) is 22.4 Å². The van der Waals surface area contributed by atoms with Crippen LogP contribution in [0.5, 0.6) is 5.75 Å². The van der Waals surface area contributed by atoms with Gasteiger partial charge in [-0.3, -0.25) is 4.79 Å². The quantitative estimate of drug-likeness (QED) is 0.846. The van der Waals surface area contributed by atoms with Crippen molar-refractivity contribution < 1.29 is 27.1 Å². The molecule has 1 aromatic carbocycles. The van der Waals surface area contributed by atoms with Crippen molar-refractivity contribution in [3.05, 3.63) is 47.9 Å². The molecule has 0 fully saturated rings. The van der Waals surface area contributed by atoms with Crippen LogP contribution in [0.3, 0.4) is 0 Å². The first-order valence-electron chi connectivity index (χ1n) is 6.27. The van der Waals surface area contributed by atoms with E-state index in [0.29, 0.717) is 0 Å². The van der Waals surface area contributed by atoms with Gasteiger partial charge in [0, 0.05) is 6.07 Å². The van der Waals surface area contributed by atoms with E-state index >= 15 is 0 Å². The number of alkyl halides is 3. The summed E-state index contributed by atoms with van der Waals surface area (Å²) in [6.45, 7) is -1.62. The molecule has 1 heterocycles. The summed E-state index contributed by atoms with van der Waals surface area (Å²) < 4.78 is 54.3. The molecular formula is C14H11F4N3O2. The standard InChI is InChI=1S/C14H11F4N3O2/c15-8-4-5-9(11(6-8)23-7-14(16,17)18)21-13(22)10-2-1-3-12(19)20-10/h1-6H,7H2,(H2,19,20)(H,21,22). The molecule has 0 spiro atoms. The Labute approximate surface area is 128 Å². The summed E-state index contributed by atoms with van der Waals surface area (Å²) in [6, 6.07) is 7.13. The van der Waals surface area contributed by atoms with Crippen molar-refractivity contribution in [3.8, 4) is 5.75 Å². The zero-order valence-corrected chi connectivity index (χ0v) is 11.5. The van der Waals surface area contributed by atoms with Crippen molar-refractivity contribution in [1.29, 1.82) is 0 Å². The van der Waals surface area contributed by atoms with Crippen LogP contribution in [0.4, 0.5) is 29.1 Å². The zero-order chi connectivity index (χ0) is 17.0. The minimum atomic E-state index is -4.59. The maximum atomic E-state index is 13.2. The zero-order valence-electron chi connectivity index (χ0n) is 11.5. The van der Waals surface area contributed by atoms with Crippen molar-refractivity contribution in [2.75, 3.05) is 17.7 Å². The summed E-state index contributed by atoms with van der Waals surface area (Å²) in [7, 11) is 0. The van der Waals surface area contributed by atoms with E-state index in [1.165, 1.54) is 18.2 Å². The van der Waals surface area contributed by atoms with Crippen molar-refractivity contribution in [1.82, 2.24) is 4.98 Å². The lowest BCUT2D eigenvalue weighted by Crippen LogP contribution is -2.20. The molecule has 0 radical (unpaired) electrons. The number of aromatic nitrogens is 1. The van der Waals surface area contributed by atoms with Gasteiger partial charge in [0.15, 0.2) is 6.61 Å². The third kappa shape index (κ3) is 4.83. The number of pyridine rings is 1. The highest BCUT2D eigenvalue weighted by molar-refractivity contribution is 6.03. The first-order valence-corrected chi connectivity index (χ1v) is 6.27. The number of nitrogens with two attached hydrogens (primary N) is 1. The van der Waals surface area contributed by atoms with Crippen LogP contribution in [0.25, 0.3) is 0 Å². The highest BCUT2D eigenvalue weighted by Crippen LogP contribution is 2.28. The Balaban J connectivity index is 2.20. The second-order valence-corrected chi connectivity index (χ2v) is 4.45. The van der Waals surface area contributed by atoms with Gasteiger partial charge >= 0.3 is 6.18 Å². The van der Waals surface area contributed by atoms with Crippen LogP contribution in [0.2, 0.25) is 0 Å². The number of carbonyl (C=O) groups is 1. The highest BCUT2D eigenvalue weighted by Gasteiger charge is 2.29. The predicted molar refractivity (Wildman–Crippen MR) is 74.6 cm³/mol. The van der Waals surface area contributed by atoms with E-state index in [1.807, 2.05) is 0 Å². The summed E-state index contributed by atoms with van der Waals surface area (Å²) in [6.07, 6.45) is -4.59. The van der Waals surface area contributed by atoms with Crippen LogP contribution in [0.1, 0.15) is 10.5 Å². The SMILES string of the molecule is Nc1cccc(C(=O)Nc2ccc(F)cc2OCC(F)(F)F)n1. The van der Waals surface area contributed by atoms with Gasteiger partial charge in [0.05, 0.1) is 5.69 Å². The molecule has 0 aliphatic heterocycles. The summed E-state index contributed by atoms with van der Waals surface area (Å²) in [5.41, 5.74) is 5.28. The van der Waals surface area contributed by atoms with E-state index < -0.39 is 30.3 Å². The van der Waals surface area contributed by atoms with E-state index in [1.54, 1.807) is 0 Å². The number of hydrogen-bond donors (Lipinski definition) is 2. The van der Waals surface area contributed by atoms with Crippen LogP contribution >= 0.6 is 0 Å². The molecule has 0 aliphatic rings. The summed E-state index contributed by atoms with van der Waals surface area (Å²) in [4.78, 5) is 15.8. The van der Waals surface area contributed by atoms with E-state index in [4.69, 9.17) is 5.73 Å². The van der Waals surface area contributed by atoms with Gasteiger partial charge in [-0.15, -0.1) is 0 Å². The minimum absolute atomic E-state index is 0.0453. The van der Waals surface area contributed by atoms with Gasteiger partial charge in [0.1, 0.15) is 23.1 Å². The van der Waals surface area contributed by atoms with E-state index in [-0.39, 0.29) is 17.2 Å². The van der Waals surface area contributed by atoms with Crippen LogP contribution in [-0.2, 0) is 0 Å². The molecule has 2 rings (SSSR count). The predicted octanol–water partition coefficient (Wildman–Crippen LogP) is 3.00. The Morgan fingerprint density at radius 2 is 2.00 bits per heavy atom. The molecule has 0 aliphatic carbocycles. The van der Waals surface area contributed by atoms with Gasteiger partial charge in [-0.05, 0) is 24.3 Å². The molecule has 0 saturated carbocycles. The molecule has 2 aromatic rings. The number of nitrogens with zero attached hydrogens (tertiary/aromatic N) is 1. The minimum Gasteiger partial charge on any atom is -0.482 e. The molecule has 9 heteroatoms. The van der Waals surface area contributed by atoms with E-state index in [2.05, 4.69) is 15.0 Å². The highest BCUT2D eigenvalue weighted by atomic mass is 19.4. The first-order chi connectivity index (χ1) is 10.7. The molecule has 3 N–H and O–H groups in total. The van der Waals surface area contributed by atoms with Gasteiger partial charge in [-0.25, -0.2) is 9.37 Å². The fraction of sp³-hybridized carbons (Fsp3) is 0.143. The first kappa shape index (κ1) is 16.5. The summed E-state index contributed by atoms with van der Waals surface area (Å²) in [5, 5.41) is 2.30. The molecule has 0 atom stereocenters. The maximum absolute atomic E-state index is 13.2. The third-order valence-electron chi connectivity index (χ3n) is 2.59. The number of anilines is 2. The van der Waals surface area contributed by atoms with Gasteiger partial charge < -0.3 is 15.8 Å². The lowest BCUT2D eigenvalue weighted by molar-refractivity contribution is -0.153. The number of amides is 1. The molecule has 122 valence electrons. The lowest BCUT2D eigenvalue weighted by atomic mass is 10.2.